The van der Waals surface area contributed by atoms with E-state index in [1.807, 2.05) is 0 Å². The fourth-order valence-electron chi connectivity index (χ4n) is 1.64. The van der Waals surface area contributed by atoms with Gasteiger partial charge < -0.3 is 0 Å². The van der Waals surface area contributed by atoms with Crippen LogP contribution >= 0.6 is 0 Å². The molecule has 0 saturated heterocycles. The Balaban J connectivity index is 2.82. The first kappa shape index (κ1) is 13.7. The number of nitrogens with zero attached hydrogens (tertiary/aromatic N) is 2. The molecule has 0 N–H and O–H groups in total. The predicted octanol–water partition coefficient (Wildman–Crippen LogP) is 2.12. The first-order chi connectivity index (χ1) is 8.01. The highest BCUT2D eigenvalue weighted by atomic mass is 32.2. The lowest BCUT2D eigenvalue weighted by molar-refractivity contribution is 0.342. The van der Waals surface area contributed by atoms with E-state index in [0.29, 0.717) is 18.6 Å². The van der Waals surface area contributed by atoms with Crippen molar-refractivity contribution in [3.8, 4) is 6.07 Å². The number of allylic oxidation sites excluding steroid dienone is 2. The zero-order valence-electron chi connectivity index (χ0n) is 9.85. The minimum atomic E-state index is -3.56. The largest absolute Gasteiger partial charge is 0.325 e. The molecule has 0 saturated carbocycles. The van der Waals surface area contributed by atoms with Gasteiger partial charge in [0.05, 0.1) is 24.5 Å². The molecule has 17 heavy (non-hydrogen) atoms. The van der Waals surface area contributed by atoms with Crippen molar-refractivity contribution in [2.24, 2.45) is 5.16 Å². The summed E-state index contributed by atoms with van der Waals surface area (Å²) in [4.78, 5) is 0. The van der Waals surface area contributed by atoms with Gasteiger partial charge in [-0.05, 0) is 31.8 Å². The Labute approximate surface area is 102 Å². The molecule has 94 valence electrons. The minimum absolute atomic E-state index is 0.359. The third kappa shape index (κ3) is 6.07. The molecule has 0 bridgehead atoms. The van der Waals surface area contributed by atoms with Crippen LogP contribution in [0.1, 0.15) is 38.5 Å². The second-order valence-electron chi connectivity index (χ2n) is 4.06. The molecule has 1 aliphatic carbocycles. The van der Waals surface area contributed by atoms with Crippen LogP contribution < -0.4 is 0 Å². The summed E-state index contributed by atoms with van der Waals surface area (Å²) in [5, 5.41) is 12.3. The number of hydrogen-bond acceptors (Lipinski definition) is 5. The molecule has 6 heteroatoms. The average Bonchev–Trinajstić information content (AvgIpc) is 2.19. The van der Waals surface area contributed by atoms with E-state index in [1.54, 1.807) is 6.08 Å². The topological polar surface area (TPSA) is 79.5 Å². The first-order valence-corrected chi connectivity index (χ1v) is 7.35. The van der Waals surface area contributed by atoms with Gasteiger partial charge in [0, 0.05) is 0 Å². The van der Waals surface area contributed by atoms with Crippen LogP contribution in [0.15, 0.2) is 16.8 Å². The second-order valence-corrected chi connectivity index (χ2v) is 5.62. The van der Waals surface area contributed by atoms with Crippen molar-refractivity contribution >= 4 is 15.8 Å². The Morgan fingerprint density at radius 3 is 2.76 bits per heavy atom. The van der Waals surface area contributed by atoms with Crippen LogP contribution in [-0.4, -0.2) is 20.4 Å². The molecule has 0 fully saturated rings. The van der Waals surface area contributed by atoms with Crippen LogP contribution in [0, 0.1) is 11.3 Å². The molecule has 1 aliphatic rings. The maximum absolute atomic E-state index is 10.8. The molecular weight excluding hydrogens is 240 g/mol. The van der Waals surface area contributed by atoms with Crippen LogP contribution in [0.4, 0.5) is 0 Å². The Kier molecular flexibility index (Phi) is 5.16. The van der Waals surface area contributed by atoms with Crippen molar-refractivity contribution in [2.45, 2.75) is 38.5 Å². The average molecular weight is 256 g/mol. The van der Waals surface area contributed by atoms with Gasteiger partial charge in [0.1, 0.15) is 0 Å². The molecule has 0 spiro atoms. The van der Waals surface area contributed by atoms with E-state index < -0.39 is 10.1 Å². The monoisotopic (exact) mass is 256 g/mol. The van der Waals surface area contributed by atoms with Gasteiger partial charge in [-0.2, -0.15) is 13.7 Å². The van der Waals surface area contributed by atoms with Crippen LogP contribution in [0.25, 0.3) is 0 Å². The van der Waals surface area contributed by atoms with Crippen molar-refractivity contribution in [1.29, 1.82) is 5.26 Å². The Hall–Kier alpha value is -1.35. The molecule has 0 aliphatic heterocycles. The summed E-state index contributed by atoms with van der Waals surface area (Å²) >= 11 is 0. The first-order valence-electron chi connectivity index (χ1n) is 5.53. The molecule has 0 aromatic rings. The molecule has 0 aromatic heterocycles. The van der Waals surface area contributed by atoms with Crippen molar-refractivity contribution < 1.29 is 12.7 Å². The summed E-state index contributed by atoms with van der Waals surface area (Å²) in [6, 6.07) is 2.10. The van der Waals surface area contributed by atoms with Gasteiger partial charge in [0.25, 0.3) is 0 Å². The van der Waals surface area contributed by atoms with Gasteiger partial charge in [-0.15, -0.1) is 0 Å². The molecule has 5 nitrogen and oxygen atoms in total. The summed E-state index contributed by atoms with van der Waals surface area (Å²) in [5.41, 5.74) is 1.59. The summed E-state index contributed by atoms with van der Waals surface area (Å²) in [6.45, 7) is 0. The minimum Gasteiger partial charge on any atom is -0.268 e. The van der Waals surface area contributed by atoms with Crippen molar-refractivity contribution in [2.75, 3.05) is 6.26 Å². The molecule has 0 unspecified atom stereocenters. The lowest BCUT2D eigenvalue weighted by Crippen LogP contribution is -2.04. The molecular formula is C11H16N2O3S. The van der Waals surface area contributed by atoms with Gasteiger partial charge >= 0.3 is 10.1 Å². The molecule has 0 heterocycles. The van der Waals surface area contributed by atoms with E-state index in [9.17, 15) is 8.42 Å². The van der Waals surface area contributed by atoms with Crippen LogP contribution in [0.2, 0.25) is 0 Å². The van der Waals surface area contributed by atoms with E-state index in [-0.39, 0.29) is 0 Å². The van der Waals surface area contributed by atoms with Gasteiger partial charge in [-0.3, -0.25) is 4.28 Å². The summed E-state index contributed by atoms with van der Waals surface area (Å²) in [6.07, 6.45) is 7.73. The van der Waals surface area contributed by atoms with Crippen LogP contribution in [0.5, 0.6) is 0 Å². The number of rotatable bonds is 3. The summed E-state index contributed by atoms with van der Waals surface area (Å²) in [7, 11) is -3.56. The van der Waals surface area contributed by atoms with Gasteiger partial charge in [0.15, 0.2) is 0 Å². The number of hydrogen-bond donors (Lipinski definition) is 0. The quantitative estimate of drug-likeness (QED) is 0.724. The van der Waals surface area contributed by atoms with Gasteiger partial charge in [0.2, 0.25) is 0 Å². The highest BCUT2D eigenvalue weighted by Gasteiger charge is 2.08. The normalized spacial score (nSPS) is 23.1. The van der Waals surface area contributed by atoms with E-state index in [0.717, 1.165) is 37.5 Å². The van der Waals surface area contributed by atoms with E-state index >= 15 is 0 Å². The zero-order chi connectivity index (χ0) is 12.7. The van der Waals surface area contributed by atoms with E-state index in [1.165, 1.54) is 0 Å². The third-order valence-electron chi connectivity index (χ3n) is 2.40. The maximum Gasteiger partial charge on any atom is 0.325 e. The fourth-order valence-corrected chi connectivity index (χ4v) is 1.87. The Bertz CT molecular complexity index is 458. The molecule has 0 aromatic carbocycles. The molecule has 0 radical (unpaired) electrons. The smallest absolute Gasteiger partial charge is 0.268 e. The third-order valence-corrected chi connectivity index (χ3v) is 2.74. The lowest BCUT2D eigenvalue weighted by atomic mass is 9.97. The van der Waals surface area contributed by atoms with Gasteiger partial charge in [-0.1, -0.05) is 17.1 Å². The van der Waals surface area contributed by atoms with E-state index in [2.05, 4.69) is 15.5 Å². The summed E-state index contributed by atoms with van der Waals surface area (Å²) in [5.74, 6) is 0. The van der Waals surface area contributed by atoms with Crippen LogP contribution in [-0.2, 0) is 14.4 Å². The van der Waals surface area contributed by atoms with E-state index in [4.69, 9.17) is 5.26 Å². The fraction of sp³-hybridized carbons (Fsp3) is 0.636. The highest BCUT2D eigenvalue weighted by molar-refractivity contribution is 7.85. The zero-order valence-corrected chi connectivity index (χ0v) is 10.7. The summed E-state index contributed by atoms with van der Waals surface area (Å²) < 4.78 is 26.1. The molecule has 0 atom stereocenters. The Morgan fingerprint density at radius 1 is 1.41 bits per heavy atom. The maximum atomic E-state index is 10.8. The number of oxime groups is 1. The van der Waals surface area contributed by atoms with Gasteiger partial charge in [-0.25, -0.2) is 0 Å². The van der Waals surface area contributed by atoms with Crippen molar-refractivity contribution in [3.05, 3.63) is 11.6 Å². The standard InChI is InChI=1S/C11H16N2O3S/c1-17(14,15)16-13-11-6-4-2-3-5-10(9-11)7-8-12/h9H,2-7H2,1H3/b10-9+,13-11+. The Morgan fingerprint density at radius 2 is 2.12 bits per heavy atom. The SMILES string of the molecule is CS(=O)(=O)O/N=C1/C=C(/CC#N)CCCCC1. The predicted molar refractivity (Wildman–Crippen MR) is 64.8 cm³/mol. The lowest BCUT2D eigenvalue weighted by Gasteiger charge is -2.09. The highest BCUT2D eigenvalue weighted by Crippen LogP contribution is 2.18. The van der Waals surface area contributed by atoms with Crippen molar-refractivity contribution in [1.82, 2.24) is 0 Å². The molecule has 1 rings (SSSR count). The number of nitriles is 1. The molecule has 0 amide bonds. The van der Waals surface area contributed by atoms with Crippen LogP contribution in [0.3, 0.4) is 0 Å². The van der Waals surface area contributed by atoms with Crippen molar-refractivity contribution in [3.63, 3.8) is 0 Å². The second kappa shape index (κ2) is 6.40.